The topological polar surface area (TPSA) is 60.0 Å². The molecule has 1 aromatic rings. The number of piperidine rings is 2. The molecule has 2 saturated heterocycles. The summed E-state index contributed by atoms with van der Waals surface area (Å²) in [6.07, 6.45) is 4.71. The number of hydrogen-bond acceptors (Lipinski definition) is 5. The molecule has 0 atom stereocenters. The quantitative estimate of drug-likeness (QED) is 0.826. The van der Waals surface area contributed by atoms with Crippen LogP contribution in [-0.2, 0) is 0 Å². The molecule has 0 saturated carbocycles. The first kappa shape index (κ1) is 21.6. The summed E-state index contributed by atoms with van der Waals surface area (Å²) < 4.78 is 16.2. The van der Waals surface area contributed by atoms with Gasteiger partial charge in [-0.15, -0.1) is 12.4 Å². The number of nitrogens with one attached hydrogen (secondary N) is 1. The number of carbonyl (C=O) groups is 1. The van der Waals surface area contributed by atoms with E-state index in [1.54, 1.807) is 33.5 Å². The Balaban J connectivity index is 0.00000261. The molecular weight excluding hydrogens is 368 g/mol. The summed E-state index contributed by atoms with van der Waals surface area (Å²) in [4.78, 5) is 15.0. The van der Waals surface area contributed by atoms with Gasteiger partial charge in [-0.2, -0.15) is 0 Å². The second-order valence-electron chi connectivity index (χ2n) is 7.10. The summed E-state index contributed by atoms with van der Waals surface area (Å²) in [6.45, 7) is 3.88. The largest absolute Gasteiger partial charge is 0.493 e. The van der Waals surface area contributed by atoms with Crippen molar-refractivity contribution in [2.24, 2.45) is 11.8 Å². The van der Waals surface area contributed by atoms with E-state index in [4.69, 9.17) is 14.2 Å². The molecule has 0 radical (unpaired) electrons. The number of hydrogen-bond donors (Lipinski definition) is 1. The maximum Gasteiger partial charge on any atom is 0.257 e. The van der Waals surface area contributed by atoms with Crippen molar-refractivity contribution in [2.75, 3.05) is 47.5 Å². The SMILES string of the molecule is COc1ccc(C(=O)N2CCC(C3CCNCC3)CC2)c(OC)c1OC.Cl. The molecule has 2 aliphatic heterocycles. The lowest BCUT2D eigenvalue weighted by Crippen LogP contribution is -2.42. The smallest absolute Gasteiger partial charge is 0.257 e. The van der Waals surface area contributed by atoms with Crippen LogP contribution in [0, 0.1) is 11.8 Å². The minimum Gasteiger partial charge on any atom is -0.493 e. The second-order valence-corrected chi connectivity index (χ2v) is 7.10. The number of amides is 1. The Morgan fingerprint density at radius 1 is 0.926 bits per heavy atom. The molecule has 27 heavy (non-hydrogen) atoms. The molecule has 6 nitrogen and oxygen atoms in total. The Labute approximate surface area is 167 Å². The van der Waals surface area contributed by atoms with Gasteiger partial charge in [0, 0.05) is 13.1 Å². The number of rotatable bonds is 5. The van der Waals surface area contributed by atoms with Crippen molar-refractivity contribution < 1.29 is 19.0 Å². The number of likely N-dealkylation sites (tertiary alicyclic amines) is 1. The number of methoxy groups -OCH3 is 3. The van der Waals surface area contributed by atoms with E-state index in [0.29, 0.717) is 22.8 Å². The van der Waals surface area contributed by atoms with Gasteiger partial charge in [-0.05, 0) is 62.7 Å². The fraction of sp³-hybridized carbons (Fsp3) is 0.650. The average Bonchev–Trinajstić information content (AvgIpc) is 2.72. The Hall–Kier alpha value is -1.66. The van der Waals surface area contributed by atoms with Crippen molar-refractivity contribution >= 4 is 18.3 Å². The van der Waals surface area contributed by atoms with Gasteiger partial charge in [-0.3, -0.25) is 4.79 Å². The molecular formula is C20H31ClN2O4. The molecule has 1 aromatic carbocycles. The van der Waals surface area contributed by atoms with E-state index >= 15 is 0 Å². The highest BCUT2D eigenvalue weighted by atomic mass is 35.5. The summed E-state index contributed by atoms with van der Waals surface area (Å²) >= 11 is 0. The zero-order valence-corrected chi connectivity index (χ0v) is 17.3. The van der Waals surface area contributed by atoms with Gasteiger partial charge in [0.1, 0.15) is 0 Å². The third kappa shape index (κ3) is 4.61. The minimum atomic E-state index is 0. The molecule has 3 rings (SSSR count). The maximum atomic E-state index is 13.1. The number of carbonyl (C=O) groups excluding carboxylic acids is 1. The van der Waals surface area contributed by atoms with Crippen LogP contribution in [0.3, 0.4) is 0 Å². The lowest BCUT2D eigenvalue weighted by atomic mass is 9.79. The monoisotopic (exact) mass is 398 g/mol. The molecule has 2 aliphatic rings. The van der Waals surface area contributed by atoms with E-state index in [0.717, 1.165) is 50.9 Å². The summed E-state index contributed by atoms with van der Waals surface area (Å²) in [5, 5.41) is 3.43. The third-order valence-corrected chi connectivity index (χ3v) is 5.81. The molecule has 0 bridgehead atoms. The number of nitrogens with zero attached hydrogens (tertiary/aromatic N) is 1. The predicted octanol–water partition coefficient (Wildman–Crippen LogP) is 2.99. The highest BCUT2D eigenvalue weighted by Gasteiger charge is 2.31. The van der Waals surface area contributed by atoms with Crippen LogP contribution in [0.5, 0.6) is 17.2 Å². The van der Waals surface area contributed by atoms with Gasteiger partial charge in [0.15, 0.2) is 11.5 Å². The lowest BCUT2D eigenvalue weighted by molar-refractivity contribution is 0.0638. The fourth-order valence-corrected chi connectivity index (χ4v) is 4.33. The van der Waals surface area contributed by atoms with Crippen LogP contribution in [0.2, 0.25) is 0 Å². The summed E-state index contributed by atoms with van der Waals surface area (Å²) in [6, 6.07) is 3.53. The van der Waals surface area contributed by atoms with Crippen LogP contribution in [0.25, 0.3) is 0 Å². The molecule has 2 fully saturated rings. The van der Waals surface area contributed by atoms with E-state index in [9.17, 15) is 4.79 Å². The number of ether oxygens (including phenoxy) is 3. The summed E-state index contributed by atoms with van der Waals surface area (Å²) in [5.74, 6) is 3.03. The van der Waals surface area contributed by atoms with Crippen molar-refractivity contribution in [2.45, 2.75) is 25.7 Å². The predicted molar refractivity (Wildman–Crippen MR) is 108 cm³/mol. The summed E-state index contributed by atoms with van der Waals surface area (Å²) in [5.41, 5.74) is 0.533. The van der Waals surface area contributed by atoms with E-state index in [-0.39, 0.29) is 18.3 Å². The third-order valence-electron chi connectivity index (χ3n) is 5.81. The van der Waals surface area contributed by atoms with Gasteiger partial charge in [-0.1, -0.05) is 0 Å². The molecule has 0 spiro atoms. The molecule has 0 unspecified atom stereocenters. The molecule has 1 amide bonds. The Morgan fingerprint density at radius 3 is 2.07 bits per heavy atom. The number of benzene rings is 1. The molecule has 1 N–H and O–H groups in total. The fourth-order valence-electron chi connectivity index (χ4n) is 4.33. The lowest BCUT2D eigenvalue weighted by Gasteiger charge is -2.38. The summed E-state index contributed by atoms with van der Waals surface area (Å²) in [7, 11) is 4.68. The molecule has 0 aromatic heterocycles. The normalized spacial score (nSPS) is 18.6. The van der Waals surface area contributed by atoms with Crippen LogP contribution in [0.1, 0.15) is 36.0 Å². The van der Waals surface area contributed by atoms with Crippen molar-refractivity contribution in [3.63, 3.8) is 0 Å². The maximum absolute atomic E-state index is 13.1. The molecule has 0 aliphatic carbocycles. The van der Waals surface area contributed by atoms with E-state index in [1.165, 1.54) is 12.8 Å². The Kier molecular flexibility index (Phi) is 8.05. The first-order chi connectivity index (χ1) is 12.7. The van der Waals surface area contributed by atoms with Gasteiger partial charge in [0.25, 0.3) is 5.91 Å². The molecule has 2 heterocycles. The standard InChI is InChI=1S/C20H30N2O4.ClH/c1-24-17-5-4-16(18(25-2)19(17)26-3)20(23)22-12-8-15(9-13-22)14-6-10-21-11-7-14;/h4-5,14-15,21H,6-13H2,1-3H3;1H. The van der Waals surface area contributed by atoms with Gasteiger partial charge in [-0.25, -0.2) is 0 Å². The van der Waals surface area contributed by atoms with Crippen molar-refractivity contribution in [1.82, 2.24) is 10.2 Å². The van der Waals surface area contributed by atoms with Gasteiger partial charge < -0.3 is 24.4 Å². The molecule has 152 valence electrons. The van der Waals surface area contributed by atoms with E-state index in [2.05, 4.69) is 5.32 Å². The Morgan fingerprint density at radius 2 is 1.52 bits per heavy atom. The molecule has 7 heteroatoms. The zero-order chi connectivity index (χ0) is 18.5. The van der Waals surface area contributed by atoms with Gasteiger partial charge in [0.2, 0.25) is 5.75 Å². The van der Waals surface area contributed by atoms with E-state index in [1.807, 2.05) is 4.90 Å². The average molecular weight is 399 g/mol. The van der Waals surface area contributed by atoms with Crippen molar-refractivity contribution in [1.29, 1.82) is 0 Å². The highest BCUT2D eigenvalue weighted by Crippen LogP contribution is 2.40. The minimum absolute atomic E-state index is 0. The van der Waals surface area contributed by atoms with Crippen LogP contribution >= 0.6 is 12.4 Å². The second kappa shape index (κ2) is 10.0. The van der Waals surface area contributed by atoms with Crippen LogP contribution in [0.4, 0.5) is 0 Å². The first-order valence-corrected chi connectivity index (χ1v) is 9.48. The van der Waals surface area contributed by atoms with Crippen LogP contribution in [0.15, 0.2) is 12.1 Å². The van der Waals surface area contributed by atoms with Crippen molar-refractivity contribution in [3.8, 4) is 17.2 Å². The van der Waals surface area contributed by atoms with Crippen LogP contribution in [-0.4, -0.2) is 58.3 Å². The Bertz CT molecular complexity index is 627. The van der Waals surface area contributed by atoms with Crippen molar-refractivity contribution in [3.05, 3.63) is 17.7 Å². The number of halogens is 1. The highest BCUT2D eigenvalue weighted by molar-refractivity contribution is 5.98. The first-order valence-electron chi connectivity index (χ1n) is 9.48. The van der Waals surface area contributed by atoms with Crippen LogP contribution < -0.4 is 19.5 Å². The van der Waals surface area contributed by atoms with E-state index < -0.39 is 0 Å². The zero-order valence-electron chi connectivity index (χ0n) is 16.5. The van der Waals surface area contributed by atoms with Gasteiger partial charge >= 0.3 is 0 Å². The van der Waals surface area contributed by atoms with Gasteiger partial charge in [0.05, 0.1) is 26.9 Å².